The topological polar surface area (TPSA) is 57.7 Å². The summed E-state index contributed by atoms with van der Waals surface area (Å²) >= 11 is 6.13. The molecule has 144 valence electrons. The molecule has 0 saturated carbocycles. The standard InChI is InChI=1S/C20H25ClN4O2/c1-15-13-17(18(27-2)14-16(15)21)22-8-6-20(26)25-11-9-24(10-12-25)19-5-3-4-7-23-19/h3-5,7,13-14,22H,6,8-12H2,1-2H3. The predicted molar refractivity (Wildman–Crippen MR) is 109 cm³/mol. The van der Waals surface area contributed by atoms with Gasteiger partial charge in [0.25, 0.3) is 0 Å². The Labute approximate surface area is 165 Å². The van der Waals surface area contributed by atoms with Crippen molar-refractivity contribution in [2.45, 2.75) is 13.3 Å². The monoisotopic (exact) mass is 388 g/mol. The van der Waals surface area contributed by atoms with Crippen molar-refractivity contribution in [1.82, 2.24) is 9.88 Å². The summed E-state index contributed by atoms with van der Waals surface area (Å²) in [6, 6.07) is 9.63. The Kier molecular flexibility index (Phi) is 6.40. The summed E-state index contributed by atoms with van der Waals surface area (Å²) in [6.07, 6.45) is 2.24. The van der Waals surface area contributed by atoms with Gasteiger partial charge in [0.1, 0.15) is 11.6 Å². The molecule has 1 saturated heterocycles. The van der Waals surface area contributed by atoms with Gasteiger partial charge in [0.2, 0.25) is 5.91 Å². The minimum atomic E-state index is 0.160. The second-order valence-corrected chi connectivity index (χ2v) is 6.94. The fourth-order valence-electron chi connectivity index (χ4n) is 3.16. The third-order valence-corrected chi connectivity index (χ3v) is 5.15. The second-order valence-electron chi connectivity index (χ2n) is 6.53. The van der Waals surface area contributed by atoms with Crippen LogP contribution in [0.2, 0.25) is 5.02 Å². The molecule has 0 aliphatic carbocycles. The van der Waals surface area contributed by atoms with E-state index in [2.05, 4.69) is 15.2 Å². The summed E-state index contributed by atoms with van der Waals surface area (Å²) in [5, 5.41) is 3.95. The van der Waals surface area contributed by atoms with Gasteiger partial charge in [0.05, 0.1) is 12.8 Å². The number of nitrogens with one attached hydrogen (secondary N) is 1. The van der Waals surface area contributed by atoms with Crippen molar-refractivity contribution in [2.24, 2.45) is 0 Å². The molecule has 0 unspecified atom stereocenters. The Bertz CT molecular complexity index is 777. The van der Waals surface area contributed by atoms with Gasteiger partial charge in [-0.05, 0) is 30.7 Å². The zero-order chi connectivity index (χ0) is 19.2. The van der Waals surface area contributed by atoms with E-state index < -0.39 is 0 Å². The fraction of sp³-hybridized carbons (Fsp3) is 0.400. The number of ether oxygens (including phenoxy) is 1. The van der Waals surface area contributed by atoms with Gasteiger partial charge in [0.15, 0.2) is 0 Å². The van der Waals surface area contributed by atoms with E-state index in [1.54, 1.807) is 19.4 Å². The number of halogens is 1. The van der Waals surface area contributed by atoms with Crippen LogP contribution in [-0.2, 0) is 4.79 Å². The minimum absolute atomic E-state index is 0.160. The van der Waals surface area contributed by atoms with Crippen molar-refractivity contribution in [3.63, 3.8) is 0 Å². The lowest BCUT2D eigenvalue weighted by Crippen LogP contribution is -2.49. The van der Waals surface area contributed by atoms with E-state index in [1.807, 2.05) is 36.1 Å². The number of anilines is 2. The fourth-order valence-corrected chi connectivity index (χ4v) is 3.31. The Hall–Kier alpha value is -2.47. The maximum absolute atomic E-state index is 12.5. The number of piperazine rings is 1. The van der Waals surface area contributed by atoms with Gasteiger partial charge in [-0.1, -0.05) is 17.7 Å². The summed E-state index contributed by atoms with van der Waals surface area (Å²) in [5.41, 5.74) is 1.82. The lowest BCUT2D eigenvalue weighted by Gasteiger charge is -2.35. The van der Waals surface area contributed by atoms with Gasteiger partial charge >= 0.3 is 0 Å². The molecule has 1 amide bonds. The van der Waals surface area contributed by atoms with E-state index in [-0.39, 0.29) is 5.91 Å². The minimum Gasteiger partial charge on any atom is -0.495 e. The van der Waals surface area contributed by atoms with Gasteiger partial charge in [-0.3, -0.25) is 4.79 Å². The van der Waals surface area contributed by atoms with Crippen LogP contribution in [0.15, 0.2) is 36.5 Å². The molecule has 2 heterocycles. The molecule has 1 N–H and O–H groups in total. The van der Waals surface area contributed by atoms with Crippen LogP contribution in [0, 0.1) is 6.92 Å². The summed E-state index contributed by atoms with van der Waals surface area (Å²) in [4.78, 5) is 21.0. The number of methoxy groups -OCH3 is 1. The number of carbonyl (C=O) groups is 1. The van der Waals surface area contributed by atoms with Gasteiger partial charge in [-0.15, -0.1) is 0 Å². The van der Waals surface area contributed by atoms with Crippen molar-refractivity contribution < 1.29 is 9.53 Å². The van der Waals surface area contributed by atoms with Gasteiger partial charge in [0, 0.05) is 56.4 Å². The number of carbonyl (C=O) groups excluding carboxylic acids is 1. The summed E-state index contributed by atoms with van der Waals surface area (Å²) in [5.74, 6) is 1.81. The molecule has 0 radical (unpaired) electrons. The van der Waals surface area contributed by atoms with Crippen LogP contribution in [0.25, 0.3) is 0 Å². The lowest BCUT2D eigenvalue weighted by atomic mass is 10.2. The molecule has 1 aromatic carbocycles. The molecule has 1 fully saturated rings. The van der Waals surface area contributed by atoms with Gasteiger partial charge in [-0.25, -0.2) is 4.98 Å². The Morgan fingerprint density at radius 2 is 2.04 bits per heavy atom. The van der Waals surface area contributed by atoms with E-state index >= 15 is 0 Å². The van der Waals surface area contributed by atoms with Crippen molar-refractivity contribution in [1.29, 1.82) is 0 Å². The first-order chi connectivity index (χ1) is 13.1. The van der Waals surface area contributed by atoms with Crippen molar-refractivity contribution in [3.8, 4) is 5.75 Å². The van der Waals surface area contributed by atoms with Gasteiger partial charge in [-0.2, -0.15) is 0 Å². The molecule has 1 aliphatic heterocycles. The van der Waals surface area contributed by atoms with Crippen LogP contribution in [-0.4, -0.2) is 55.6 Å². The summed E-state index contributed by atoms with van der Waals surface area (Å²) in [7, 11) is 1.61. The number of aromatic nitrogens is 1. The highest BCUT2D eigenvalue weighted by atomic mass is 35.5. The smallest absolute Gasteiger partial charge is 0.224 e. The number of amides is 1. The normalized spacial score (nSPS) is 14.2. The zero-order valence-corrected chi connectivity index (χ0v) is 16.5. The van der Waals surface area contributed by atoms with E-state index in [1.165, 1.54) is 0 Å². The van der Waals surface area contributed by atoms with Crippen LogP contribution < -0.4 is 15.0 Å². The van der Waals surface area contributed by atoms with E-state index in [0.29, 0.717) is 23.7 Å². The summed E-state index contributed by atoms with van der Waals surface area (Å²) < 4.78 is 5.36. The maximum Gasteiger partial charge on any atom is 0.224 e. The van der Waals surface area contributed by atoms with Crippen molar-refractivity contribution in [3.05, 3.63) is 47.1 Å². The molecule has 0 atom stereocenters. The maximum atomic E-state index is 12.5. The van der Waals surface area contributed by atoms with E-state index in [0.717, 1.165) is 43.2 Å². The van der Waals surface area contributed by atoms with Crippen LogP contribution in [0.1, 0.15) is 12.0 Å². The Morgan fingerprint density at radius 3 is 2.70 bits per heavy atom. The number of nitrogens with zero attached hydrogens (tertiary/aromatic N) is 3. The molecule has 6 nitrogen and oxygen atoms in total. The number of hydrogen-bond donors (Lipinski definition) is 1. The van der Waals surface area contributed by atoms with E-state index in [4.69, 9.17) is 16.3 Å². The highest BCUT2D eigenvalue weighted by Crippen LogP contribution is 2.30. The highest BCUT2D eigenvalue weighted by molar-refractivity contribution is 6.31. The molecule has 27 heavy (non-hydrogen) atoms. The number of rotatable bonds is 6. The van der Waals surface area contributed by atoms with Crippen LogP contribution >= 0.6 is 11.6 Å². The molecule has 0 spiro atoms. The average Bonchev–Trinajstić information content (AvgIpc) is 2.71. The molecule has 1 aliphatic rings. The molecule has 0 bridgehead atoms. The van der Waals surface area contributed by atoms with Crippen LogP contribution in [0.5, 0.6) is 5.75 Å². The van der Waals surface area contributed by atoms with Crippen molar-refractivity contribution in [2.75, 3.05) is 50.1 Å². The van der Waals surface area contributed by atoms with E-state index in [9.17, 15) is 4.79 Å². The number of pyridine rings is 1. The Morgan fingerprint density at radius 1 is 1.26 bits per heavy atom. The predicted octanol–water partition coefficient (Wildman–Crippen LogP) is 3.20. The third-order valence-electron chi connectivity index (χ3n) is 4.74. The quantitative estimate of drug-likeness (QED) is 0.823. The molecule has 2 aromatic rings. The molecule has 7 heteroatoms. The SMILES string of the molecule is COc1cc(Cl)c(C)cc1NCCC(=O)N1CCN(c2ccccn2)CC1. The first-order valence-corrected chi connectivity index (χ1v) is 9.48. The average molecular weight is 389 g/mol. The molecular formula is C20H25ClN4O2. The second kappa shape index (κ2) is 8.95. The lowest BCUT2D eigenvalue weighted by molar-refractivity contribution is -0.131. The van der Waals surface area contributed by atoms with Crippen LogP contribution in [0.3, 0.4) is 0 Å². The molecule has 1 aromatic heterocycles. The van der Waals surface area contributed by atoms with Gasteiger partial charge < -0.3 is 19.9 Å². The number of aryl methyl sites for hydroxylation is 1. The summed E-state index contributed by atoms with van der Waals surface area (Å²) in [6.45, 7) is 5.55. The highest BCUT2D eigenvalue weighted by Gasteiger charge is 2.21. The number of benzene rings is 1. The van der Waals surface area contributed by atoms with Crippen molar-refractivity contribution >= 4 is 29.0 Å². The molecular weight excluding hydrogens is 364 g/mol. The third kappa shape index (κ3) is 4.83. The largest absolute Gasteiger partial charge is 0.495 e. The number of hydrogen-bond acceptors (Lipinski definition) is 5. The first-order valence-electron chi connectivity index (χ1n) is 9.10. The van der Waals surface area contributed by atoms with Crippen LogP contribution in [0.4, 0.5) is 11.5 Å². The Balaban J connectivity index is 1.47. The zero-order valence-electron chi connectivity index (χ0n) is 15.7. The first kappa shape index (κ1) is 19.3. The molecule has 3 rings (SSSR count).